The maximum absolute atomic E-state index is 10.1. The molecule has 0 unspecified atom stereocenters. The van der Waals surface area contributed by atoms with Crippen LogP contribution in [0.2, 0.25) is 0 Å². The molecule has 0 heterocycles. The van der Waals surface area contributed by atoms with Crippen molar-refractivity contribution in [3.8, 4) is 0 Å². The number of rotatable bonds is 4. The van der Waals surface area contributed by atoms with E-state index in [0.717, 1.165) is 28.9 Å². The summed E-state index contributed by atoms with van der Waals surface area (Å²) in [5, 5.41) is 13.4. The van der Waals surface area contributed by atoms with Gasteiger partial charge in [0.15, 0.2) is 0 Å². The van der Waals surface area contributed by atoms with Gasteiger partial charge in [-0.15, -0.1) is 0 Å². The second-order valence-corrected chi connectivity index (χ2v) is 4.54. The monoisotopic (exact) mass is 253 g/mol. The summed E-state index contributed by atoms with van der Waals surface area (Å²) in [5.41, 5.74) is 3.93. The first-order chi connectivity index (χ1) is 9.20. The van der Waals surface area contributed by atoms with Gasteiger partial charge < -0.3 is 10.4 Å². The van der Waals surface area contributed by atoms with E-state index >= 15 is 0 Å². The van der Waals surface area contributed by atoms with E-state index < -0.39 is 0 Å². The van der Waals surface area contributed by atoms with Crippen molar-refractivity contribution in [3.05, 3.63) is 65.7 Å². The number of aliphatic hydroxyl groups excluding tert-OH is 1. The van der Waals surface area contributed by atoms with E-state index in [1.807, 2.05) is 68.5 Å². The van der Waals surface area contributed by atoms with Gasteiger partial charge in [0.2, 0.25) is 0 Å². The lowest BCUT2D eigenvalue weighted by Crippen LogP contribution is -1.96. The summed E-state index contributed by atoms with van der Waals surface area (Å²) in [7, 11) is 0. The van der Waals surface area contributed by atoms with E-state index in [0.29, 0.717) is 5.76 Å². The summed E-state index contributed by atoms with van der Waals surface area (Å²) >= 11 is 0. The molecule has 0 radical (unpaired) electrons. The Kier molecular flexibility index (Phi) is 4.24. The van der Waals surface area contributed by atoms with Gasteiger partial charge in [0.25, 0.3) is 0 Å². The lowest BCUT2D eigenvalue weighted by molar-refractivity contribution is 0.510. The van der Waals surface area contributed by atoms with E-state index in [4.69, 9.17) is 0 Å². The highest BCUT2D eigenvalue weighted by Gasteiger charge is 2.07. The maximum Gasteiger partial charge on any atom is 0.120 e. The van der Waals surface area contributed by atoms with E-state index in [1.165, 1.54) is 0 Å². The Morgan fingerprint density at radius 2 is 1.89 bits per heavy atom. The summed E-state index contributed by atoms with van der Waals surface area (Å²) in [6, 6.07) is 16.0. The number of hydrogen-bond acceptors (Lipinski definition) is 2. The maximum atomic E-state index is 10.1. The van der Waals surface area contributed by atoms with Gasteiger partial charge in [-0.3, -0.25) is 0 Å². The van der Waals surface area contributed by atoms with Crippen molar-refractivity contribution < 1.29 is 5.11 Å². The smallest absolute Gasteiger partial charge is 0.120 e. The van der Waals surface area contributed by atoms with Gasteiger partial charge in [-0.2, -0.15) is 0 Å². The molecule has 0 atom stereocenters. The minimum atomic E-state index is 0.320. The fourth-order valence-corrected chi connectivity index (χ4v) is 1.97. The highest BCUT2D eigenvalue weighted by Crippen LogP contribution is 2.27. The fraction of sp³-hybridized carbons (Fsp3) is 0.176. The number of allylic oxidation sites excluding steroid dienone is 1. The largest absolute Gasteiger partial charge is 0.508 e. The van der Waals surface area contributed by atoms with E-state index in [2.05, 4.69) is 5.32 Å². The number of hydrogen-bond donors (Lipinski definition) is 2. The van der Waals surface area contributed by atoms with Crippen LogP contribution >= 0.6 is 0 Å². The second-order valence-electron chi connectivity index (χ2n) is 4.54. The third-order valence-electron chi connectivity index (χ3n) is 2.90. The summed E-state index contributed by atoms with van der Waals surface area (Å²) in [5.74, 6) is 0.320. The third kappa shape index (κ3) is 3.38. The SMILES string of the molecule is CC/C=C(/O)c1ccc(C)cc1Nc1ccccc1. The molecular formula is C17H19NO. The number of aliphatic hydroxyl groups is 1. The zero-order valence-corrected chi connectivity index (χ0v) is 11.4. The normalized spacial score (nSPS) is 11.4. The first-order valence-electron chi connectivity index (χ1n) is 6.53. The Hall–Kier alpha value is -2.22. The zero-order chi connectivity index (χ0) is 13.7. The summed E-state index contributed by atoms with van der Waals surface area (Å²) < 4.78 is 0. The Bertz CT molecular complexity index is 573. The molecule has 0 aliphatic carbocycles. The molecule has 19 heavy (non-hydrogen) atoms. The Balaban J connectivity index is 2.38. The van der Waals surface area contributed by atoms with Crippen molar-refractivity contribution >= 4 is 17.1 Å². The van der Waals surface area contributed by atoms with E-state index in [9.17, 15) is 5.11 Å². The molecule has 0 aliphatic rings. The minimum absolute atomic E-state index is 0.320. The fourth-order valence-electron chi connectivity index (χ4n) is 1.97. The molecule has 0 spiro atoms. The van der Waals surface area contributed by atoms with Crippen LogP contribution in [0.5, 0.6) is 0 Å². The Labute approximate surface area is 114 Å². The molecular weight excluding hydrogens is 234 g/mol. The molecule has 0 amide bonds. The molecule has 2 heteroatoms. The highest BCUT2D eigenvalue weighted by atomic mass is 16.3. The number of para-hydroxylation sites is 1. The van der Waals surface area contributed by atoms with Crippen molar-refractivity contribution in [3.63, 3.8) is 0 Å². The number of benzene rings is 2. The van der Waals surface area contributed by atoms with Gasteiger partial charge in [0.1, 0.15) is 5.76 Å². The first-order valence-corrected chi connectivity index (χ1v) is 6.53. The molecule has 0 bridgehead atoms. The van der Waals surface area contributed by atoms with Crippen LogP contribution in [0.1, 0.15) is 24.5 Å². The van der Waals surface area contributed by atoms with Crippen LogP contribution in [0.15, 0.2) is 54.6 Å². The molecule has 2 nitrogen and oxygen atoms in total. The second kappa shape index (κ2) is 6.10. The molecule has 0 saturated heterocycles. The number of anilines is 2. The summed E-state index contributed by atoms with van der Waals surface area (Å²) in [6.07, 6.45) is 2.63. The Morgan fingerprint density at radius 1 is 1.16 bits per heavy atom. The topological polar surface area (TPSA) is 32.3 Å². The molecule has 2 N–H and O–H groups in total. The summed E-state index contributed by atoms with van der Waals surface area (Å²) in [4.78, 5) is 0. The molecule has 2 aromatic rings. The van der Waals surface area contributed by atoms with Crippen LogP contribution < -0.4 is 5.32 Å². The lowest BCUT2D eigenvalue weighted by Gasteiger charge is -2.12. The van der Waals surface area contributed by atoms with Crippen LogP contribution in [-0.4, -0.2) is 5.11 Å². The van der Waals surface area contributed by atoms with E-state index in [-0.39, 0.29) is 0 Å². The highest BCUT2D eigenvalue weighted by molar-refractivity contribution is 5.76. The average Bonchev–Trinajstić information content (AvgIpc) is 2.40. The third-order valence-corrected chi connectivity index (χ3v) is 2.90. The van der Waals surface area contributed by atoms with Gasteiger partial charge in [-0.25, -0.2) is 0 Å². The predicted molar refractivity (Wildman–Crippen MR) is 81.8 cm³/mol. The molecule has 0 aromatic heterocycles. The first kappa shape index (κ1) is 13.2. The minimum Gasteiger partial charge on any atom is -0.508 e. The van der Waals surface area contributed by atoms with Crippen LogP contribution in [0.3, 0.4) is 0 Å². The molecule has 2 rings (SSSR count). The van der Waals surface area contributed by atoms with Gasteiger partial charge in [-0.05, 0) is 49.2 Å². The quantitative estimate of drug-likeness (QED) is 0.747. The number of aryl methyl sites for hydroxylation is 1. The van der Waals surface area contributed by atoms with Gasteiger partial charge in [-0.1, -0.05) is 31.2 Å². The van der Waals surface area contributed by atoms with Crippen molar-refractivity contribution in [2.45, 2.75) is 20.3 Å². The molecule has 0 saturated carbocycles. The molecule has 0 fully saturated rings. The average molecular weight is 253 g/mol. The van der Waals surface area contributed by atoms with Gasteiger partial charge in [0, 0.05) is 16.9 Å². The Morgan fingerprint density at radius 3 is 2.58 bits per heavy atom. The van der Waals surface area contributed by atoms with Crippen LogP contribution in [0.4, 0.5) is 11.4 Å². The lowest BCUT2D eigenvalue weighted by atomic mass is 10.1. The summed E-state index contributed by atoms with van der Waals surface area (Å²) in [6.45, 7) is 4.05. The molecule has 2 aromatic carbocycles. The van der Waals surface area contributed by atoms with Crippen LogP contribution in [0.25, 0.3) is 5.76 Å². The van der Waals surface area contributed by atoms with Gasteiger partial charge in [0.05, 0.1) is 0 Å². The van der Waals surface area contributed by atoms with E-state index in [1.54, 1.807) is 0 Å². The van der Waals surface area contributed by atoms with Crippen molar-refractivity contribution in [2.24, 2.45) is 0 Å². The van der Waals surface area contributed by atoms with Gasteiger partial charge >= 0.3 is 0 Å². The number of nitrogens with one attached hydrogen (secondary N) is 1. The molecule has 98 valence electrons. The predicted octanol–water partition coefficient (Wildman–Crippen LogP) is 5.05. The van der Waals surface area contributed by atoms with Crippen molar-refractivity contribution in [2.75, 3.05) is 5.32 Å². The molecule has 0 aliphatic heterocycles. The standard InChI is InChI=1S/C17H19NO/c1-3-7-17(19)15-11-10-13(2)12-16(15)18-14-8-5-4-6-9-14/h4-12,18-19H,3H2,1-2H3/b17-7+. The van der Waals surface area contributed by atoms with Crippen molar-refractivity contribution in [1.82, 2.24) is 0 Å². The zero-order valence-electron chi connectivity index (χ0n) is 11.4. The van der Waals surface area contributed by atoms with Crippen molar-refractivity contribution in [1.29, 1.82) is 0 Å². The van der Waals surface area contributed by atoms with Crippen LogP contribution in [0, 0.1) is 6.92 Å². The van der Waals surface area contributed by atoms with Crippen LogP contribution in [-0.2, 0) is 0 Å².